The first kappa shape index (κ1) is 14.9. The van der Waals surface area contributed by atoms with Crippen LogP contribution in [0.3, 0.4) is 0 Å². The van der Waals surface area contributed by atoms with Gasteiger partial charge in [0.1, 0.15) is 5.54 Å². The fourth-order valence-corrected chi connectivity index (χ4v) is 3.81. The van der Waals surface area contributed by atoms with Gasteiger partial charge >= 0.3 is 5.97 Å². The normalized spacial score (nSPS) is 19.7. The van der Waals surface area contributed by atoms with Crippen molar-refractivity contribution >= 4 is 23.6 Å². The van der Waals surface area contributed by atoms with Crippen LogP contribution in [-0.2, 0) is 28.0 Å². The summed E-state index contributed by atoms with van der Waals surface area (Å²) in [6.07, 6.45) is 2.38. The largest absolute Gasteiger partial charge is 0.467 e. The van der Waals surface area contributed by atoms with Gasteiger partial charge in [-0.15, -0.1) is 11.3 Å². The Morgan fingerprint density at radius 3 is 2.91 bits per heavy atom. The monoisotopic (exact) mass is 315 g/mol. The fourth-order valence-electron chi connectivity index (χ4n) is 3.04. The topological polar surface area (TPSA) is 55.4 Å². The van der Waals surface area contributed by atoms with E-state index in [1.165, 1.54) is 24.0 Å². The minimum absolute atomic E-state index is 0.260. The predicted molar refractivity (Wildman–Crippen MR) is 85.0 cm³/mol. The second-order valence-corrected chi connectivity index (χ2v) is 6.53. The molecule has 1 aliphatic rings. The van der Waals surface area contributed by atoms with Crippen LogP contribution in [0.5, 0.6) is 0 Å². The molecule has 0 saturated carbocycles. The van der Waals surface area contributed by atoms with Crippen molar-refractivity contribution in [3.63, 3.8) is 0 Å². The maximum absolute atomic E-state index is 12.4. The zero-order valence-electron chi connectivity index (χ0n) is 12.3. The van der Waals surface area contributed by atoms with E-state index in [-0.39, 0.29) is 5.97 Å². The number of ether oxygens (including phenoxy) is 1. The first-order chi connectivity index (χ1) is 10.7. The third kappa shape index (κ3) is 2.46. The summed E-state index contributed by atoms with van der Waals surface area (Å²) >= 11 is 1.43. The number of methoxy groups -OCH3 is 1. The van der Waals surface area contributed by atoms with Crippen molar-refractivity contribution < 1.29 is 14.3 Å². The van der Waals surface area contributed by atoms with Gasteiger partial charge in [-0.2, -0.15) is 0 Å². The number of hydrogen-bond acceptors (Lipinski definition) is 5. The maximum atomic E-state index is 12.4. The molecule has 0 radical (unpaired) electrons. The number of carbonyl (C=O) groups excluding carboxylic acids is 2. The summed E-state index contributed by atoms with van der Waals surface area (Å²) in [6.45, 7) is 0.530. The second-order valence-electron chi connectivity index (χ2n) is 5.33. The summed E-state index contributed by atoms with van der Waals surface area (Å²) in [7, 11) is 1.42. The molecular formula is C17H17NO3S. The van der Waals surface area contributed by atoms with Crippen molar-refractivity contribution in [3.05, 3.63) is 57.3 Å². The number of aryl methyl sites for hydroxylation is 1. The number of carbonyl (C=O) groups is 2. The number of rotatable bonds is 5. The average Bonchev–Trinajstić information content (AvgIpc) is 3.17. The first-order valence-electron chi connectivity index (χ1n) is 7.15. The lowest BCUT2D eigenvalue weighted by molar-refractivity contribution is -0.149. The van der Waals surface area contributed by atoms with Gasteiger partial charge in [-0.05, 0) is 36.1 Å². The molecule has 0 fully saturated rings. The number of fused-ring (bicyclic) bond motifs is 1. The van der Waals surface area contributed by atoms with Crippen molar-refractivity contribution in [2.45, 2.75) is 24.9 Å². The van der Waals surface area contributed by atoms with Crippen LogP contribution in [0.2, 0.25) is 0 Å². The molecule has 1 unspecified atom stereocenters. The van der Waals surface area contributed by atoms with Gasteiger partial charge in [0.15, 0.2) is 6.29 Å². The predicted octanol–water partition coefficient (Wildman–Crippen LogP) is 2.66. The van der Waals surface area contributed by atoms with Crippen LogP contribution in [0, 0.1) is 0 Å². The molecule has 4 nitrogen and oxygen atoms in total. The highest BCUT2D eigenvalue weighted by Gasteiger charge is 2.45. The number of esters is 1. The van der Waals surface area contributed by atoms with E-state index in [1.807, 2.05) is 24.3 Å². The van der Waals surface area contributed by atoms with Gasteiger partial charge in [-0.25, -0.2) is 4.79 Å². The fraction of sp³-hybridized carbons (Fsp3) is 0.294. The van der Waals surface area contributed by atoms with Gasteiger partial charge in [0.05, 0.1) is 12.0 Å². The first-order valence-corrected chi connectivity index (χ1v) is 7.97. The zero-order valence-corrected chi connectivity index (χ0v) is 13.1. The summed E-state index contributed by atoms with van der Waals surface area (Å²) in [5.74, 6) is -0.260. The quantitative estimate of drug-likeness (QED) is 0.681. The van der Waals surface area contributed by atoms with Crippen LogP contribution in [0.1, 0.15) is 32.1 Å². The molecule has 1 atom stereocenters. The summed E-state index contributed by atoms with van der Waals surface area (Å²) in [5.41, 5.74) is 1.38. The summed E-state index contributed by atoms with van der Waals surface area (Å²) in [6, 6.07) is 11.7. The number of thiophene rings is 1. The van der Waals surface area contributed by atoms with E-state index < -0.39 is 5.54 Å². The van der Waals surface area contributed by atoms with Gasteiger partial charge < -0.3 is 4.74 Å². The van der Waals surface area contributed by atoms with Crippen LogP contribution >= 0.6 is 11.3 Å². The van der Waals surface area contributed by atoms with E-state index in [0.29, 0.717) is 17.8 Å². The molecule has 1 aliphatic carbocycles. The van der Waals surface area contributed by atoms with Gasteiger partial charge in [-0.3, -0.25) is 10.1 Å². The summed E-state index contributed by atoms with van der Waals surface area (Å²) < 4.78 is 5.05. The van der Waals surface area contributed by atoms with Crippen LogP contribution in [0.15, 0.2) is 36.4 Å². The highest BCUT2D eigenvalue weighted by atomic mass is 32.1. The Labute approximate surface area is 133 Å². The van der Waals surface area contributed by atoms with Gasteiger partial charge in [0.2, 0.25) is 0 Å². The molecule has 0 aliphatic heterocycles. The summed E-state index contributed by atoms with van der Waals surface area (Å²) in [4.78, 5) is 24.9. The maximum Gasteiger partial charge on any atom is 0.330 e. The van der Waals surface area contributed by atoms with Crippen molar-refractivity contribution in [2.24, 2.45) is 0 Å². The van der Waals surface area contributed by atoms with Gasteiger partial charge in [0, 0.05) is 11.4 Å². The van der Waals surface area contributed by atoms with Crippen molar-refractivity contribution in [1.29, 1.82) is 0 Å². The van der Waals surface area contributed by atoms with Crippen molar-refractivity contribution in [1.82, 2.24) is 5.32 Å². The van der Waals surface area contributed by atoms with Crippen LogP contribution in [0.25, 0.3) is 0 Å². The van der Waals surface area contributed by atoms with Crippen molar-refractivity contribution in [3.8, 4) is 0 Å². The van der Waals surface area contributed by atoms with E-state index in [9.17, 15) is 9.59 Å². The molecule has 0 saturated heterocycles. The highest BCUT2D eigenvalue weighted by Crippen LogP contribution is 2.38. The van der Waals surface area contributed by atoms with Crippen LogP contribution in [0.4, 0.5) is 0 Å². The standard InChI is InChI=1S/C17H17NO3S/c1-21-16(20)17(9-8-12-4-2-3-5-15(12)17)18-10-13-6-7-14(11-19)22-13/h2-7,11,18H,8-10H2,1H3. The Balaban J connectivity index is 1.88. The molecule has 1 aromatic carbocycles. The van der Waals surface area contributed by atoms with Gasteiger partial charge in [0.25, 0.3) is 0 Å². The van der Waals surface area contributed by atoms with E-state index in [4.69, 9.17) is 4.74 Å². The molecule has 0 bridgehead atoms. The number of hydrogen-bond donors (Lipinski definition) is 1. The molecule has 3 rings (SSSR count). The zero-order chi connectivity index (χ0) is 15.6. The smallest absolute Gasteiger partial charge is 0.330 e. The molecule has 114 valence electrons. The Bertz CT molecular complexity index is 709. The van der Waals surface area contributed by atoms with Crippen LogP contribution < -0.4 is 5.32 Å². The van der Waals surface area contributed by atoms with E-state index in [2.05, 4.69) is 11.4 Å². The van der Waals surface area contributed by atoms with Crippen molar-refractivity contribution in [2.75, 3.05) is 7.11 Å². The lowest BCUT2D eigenvalue weighted by atomic mass is 9.91. The lowest BCUT2D eigenvalue weighted by Gasteiger charge is -2.28. The molecule has 0 amide bonds. The average molecular weight is 315 g/mol. The number of benzene rings is 1. The third-order valence-corrected chi connectivity index (χ3v) is 5.15. The minimum Gasteiger partial charge on any atom is -0.467 e. The summed E-state index contributed by atoms with van der Waals surface area (Å²) in [5, 5.41) is 3.38. The molecule has 22 heavy (non-hydrogen) atoms. The molecule has 1 heterocycles. The van der Waals surface area contributed by atoms with Crippen LogP contribution in [-0.4, -0.2) is 19.4 Å². The lowest BCUT2D eigenvalue weighted by Crippen LogP contribution is -2.47. The van der Waals surface area contributed by atoms with E-state index in [0.717, 1.165) is 23.1 Å². The molecule has 5 heteroatoms. The second kappa shape index (κ2) is 6.02. The molecule has 0 spiro atoms. The number of aldehydes is 1. The van der Waals surface area contributed by atoms with E-state index in [1.54, 1.807) is 6.07 Å². The highest BCUT2D eigenvalue weighted by molar-refractivity contribution is 7.13. The Hall–Kier alpha value is -1.98. The third-order valence-electron chi connectivity index (χ3n) is 4.14. The van der Waals surface area contributed by atoms with E-state index >= 15 is 0 Å². The number of nitrogens with one attached hydrogen (secondary N) is 1. The Morgan fingerprint density at radius 2 is 2.18 bits per heavy atom. The Morgan fingerprint density at radius 1 is 1.36 bits per heavy atom. The van der Waals surface area contributed by atoms with Gasteiger partial charge in [-0.1, -0.05) is 24.3 Å². The Kier molecular flexibility index (Phi) is 4.09. The molecular weight excluding hydrogens is 298 g/mol. The molecule has 1 aromatic heterocycles. The minimum atomic E-state index is -0.795. The molecule has 2 aromatic rings. The SMILES string of the molecule is COC(=O)C1(NCc2ccc(C=O)s2)CCc2ccccc21. The molecule has 1 N–H and O–H groups in total.